The zero-order valence-corrected chi connectivity index (χ0v) is 17.7. The third kappa shape index (κ3) is 4.67. The number of alkyl halides is 2. The van der Waals surface area contributed by atoms with Crippen molar-refractivity contribution in [2.45, 2.75) is 25.3 Å². The van der Waals surface area contributed by atoms with Crippen LogP contribution in [0.15, 0.2) is 47.7 Å². The number of carbonyl (C=O) groups excluding carboxylic acids is 1. The van der Waals surface area contributed by atoms with Crippen LogP contribution < -0.4 is 10.5 Å². The van der Waals surface area contributed by atoms with E-state index in [1.165, 1.54) is 0 Å². The fourth-order valence-electron chi connectivity index (χ4n) is 3.55. The van der Waals surface area contributed by atoms with Crippen molar-refractivity contribution in [3.05, 3.63) is 79.4 Å². The van der Waals surface area contributed by atoms with E-state index in [9.17, 15) is 22.8 Å². The number of pyridine rings is 2. The third-order valence-corrected chi connectivity index (χ3v) is 6.57. The summed E-state index contributed by atoms with van der Waals surface area (Å²) in [7, 11) is 0. The number of rotatable bonds is 7. The number of ketones is 1. The maximum atomic E-state index is 13.8. The van der Waals surface area contributed by atoms with Crippen LogP contribution in [0.4, 0.5) is 18.9 Å². The Hall–Kier alpha value is -2.65. The number of anilines is 1. The van der Waals surface area contributed by atoms with Gasteiger partial charge in [-0.3, -0.25) is 14.6 Å². The van der Waals surface area contributed by atoms with Gasteiger partial charge in [-0.15, -0.1) is 11.3 Å². The first kappa shape index (κ1) is 21.6. The summed E-state index contributed by atoms with van der Waals surface area (Å²) in [5.41, 5.74) is 0.965. The average Bonchev–Trinajstić information content (AvgIpc) is 3.06. The Kier molecular flexibility index (Phi) is 6.15. The van der Waals surface area contributed by atoms with Crippen molar-refractivity contribution in [1.82, 2.24) is 9.55 Å². The van der Waals surface area contributed by atoms with Crippen molar-refractivity contribution >= 4 is 34.4 Å². The Morgan fingerprint density at radius 3 is 2.65 bits per heavy atom. The molecule has 162 valence electrons. The van der Waals surface area contributed by atoms with E-state index in [1.807, 2.05) is 12.1 Å². The molecule has 1 fully saturated rings. The van der Waals surface area contributed by atoms with E-state index in [0.717, 1.165) is 47.9 Å². The molecule has 4 heterocycles. The monoisotopic (exact) mass is 467 g/mol. The Bertz CT molecular complexity index is 1160. The van der Waals surface area contributed by atoms with Crippen LogP contribution >= 0.6 is 22.9 Å². The number of hydrogen-bond acceptors (Lipinski definition) is 5. The van der Waals surface area contributed by atoms with Crippen molar-refractivity contribution < 1.29 is 18.0 Å². The van der Waals surface area contributed by atoms with Crippen LogP contribution in [0.3, 0.4) is 0 Å². The van der Waals surface area contributed by atoms with Gasteiger partial charge in [0.2, 0.25) is 0 Å². The van der Waals surface area contributed by atoms with E-state index in [4.69, 9.17) is 11.6 Å². The highest BCUT2D eigenvalue weighted by molar-refractivity contribution is 7.18. The minimum atomic E-state index is -2.81. The Balaban J connectivity index is 1.46. The summed E-state index contributed by atoms with van der Waals surface area (Å²) in [4.78, 5) is 30.9. The van der Waals surface area contributed by atoms with E-state index >= 15 is 0 Å². The highest BCUT2D eigenvalue weighted by Crippen LogP contribution is 2.39. The first-order chi connectivity index (χ1) is 14.8. The van der Waals surface area contributed by atoms with Crippen molar-refractivity contribution in [3.63, 3.8) is 0 Å². The van der Waals surface area contributed by atoms with Gasteiger partial charge in [0.1, 0.15) is 0 Å². The smallest absolute Gasteiger partial charge is 0.286 e. The van der Waals surface area contributed by atoms with Crippen LogP contribution in [0.1, 0.15) is 26.7 Å². The lowest BCUT2D eigenvalue weighted by atomic mass is 9.92. The standard InChI is InChI=1S/C21H17ClF3N3O2S/c22-20-15(13-9-27(10-13)14-1-3-26-4-2-14)7-18(31-20)17(29)6-12-5-16(23)21(30)28(8-12)11-19(24)25/h1-5,7-8,13,19H,6,9-11H2. The molecule has 31 heavy (non-hydrogen) atoms. The Morgan fingerprint density at radius 2 is 1.97 bits per heavy atom. The minimum Gasteiger partial charge on any atom is -0.370 e. The fraction of sp³-hybridized carbons (Fsp3) is 0.286. The molecule has 1 saturated heterocycles. The number of hydrogen-bond donors (Lipinski definition) is 0. The summed E-state index contributed by atoms with van der Waals surface area (Å²) in [5.74, 6) is -1.30. The second kappa shape index (κ2) is 8.84. The normalized spacial score (nSPS) is 14.2. The number of Topliss-reactive ketones (excluding diaryl/α,β-unsaturated/α-hetero) is 1. The average molecular weight is 468 g/mol. The summed E-state index contributed by atoms with van der Waals surface area (Å²) in [6, 6.07) is 6.51. The van der Waals surface area contributed by atoms with E-state index in [-0.39, 0.29) is 23.7 Å². The molecule has 10 heteroatoms. The maximum Gasteiger partial charge on any atom is 0.286 e. The molecule has 0 unspecified atom stereocenters. The lowest BCUT2D eigenvalue weighted by Crippen LogP contribution is -2.45. The van der Waals surface area contributed by atoms with E-state index in [2.05, 4.69) is 9.88 Å². The van der Waals surface area contributed by atoms with Gasteiger partial charge in [-0.05, 0) is 35.4 Å². The third-order valence-electron chi connectivity index (χ3n) is 5.14. The highest BCUT2D eigenvalue weighted by Gasteiger charge is 2.31. The topological polar surface area (TPSA) is 55.2 Å². The second-order valence-electron chi connectivity index (χ2n) is 7.29. The lowest BCUT2D eigenvalue weighted by molar-refractivity contribution is 0.0996. The number of carbonyl (C=O) groups is 1. The van der Waals surface area contributed by atoms with Crippen LogP contribution in [0.25, 0.3) is 0 Å². The predicted molar refractivity (Wildman–Crippen MR) is 113 cm³/mol. The molecular weight excluding hydrogens is 451 g/mol. The largest absolute Gasteiger partial charge is 0.370 e. The van der Waals surface area contributed by atoms with Crippen LogP contribution in [0, 0.1) is 5.82 Å². The van der Waals surface area contributed by atoms with E-state index in [1.54, 1.807) is 18.5 Å². The molecule has 0 bridgehead atoms. The number of nitrogens with zero attached hydrogens (tertiary/aromatic N) is 3. The van der Waals surface area contributed by atoms with Crippen LogP contribution in [-0.2, 0) is 13.0 Å². The van der Waals surface area contributed by atoms with Crippen LogP contribution in [0.5, 0.6) is 0 Å². The number of thiophene rings is 1. The van der Waals surface area contributed by atoms with Crippen molar-refractivity contribution in [2.75, 3.05) is 18.0 Å². The summed E-state index contributed by atoms with van der Waals surface area (Å²) in [5, 5.41) is 0. The molecule has 3 aromatic heterocycles. The molecule has 0 aliphatic carbocycles. The molecule has 0 aromatic carbocycles. The molecule has 0 amide bonds. The molecule has 3 aromatic rings. The van der Waals surface area contributed by atoms with Gasteiger partial charge < -0.3 is 9.47 Å². The number of halogens is 4. The van der Waals surface area contributed by atoms with Gasteiger partial charge in [0.25, 0.3) is 12.0 Å². The quantitative estimate of drug-likeness (QED) is 0.483. The highest BCUT2D eigenvalue weighted by atomic mass is 35.5. The zero-order chi connectivity index (χ0) is 22.1. The van der Waals surface area contributed by atoms with Crippen molar-refractivity contribution in [1.29, 1.82) is 0 Å². The lowest BCUT2D eigenvalue weighted by Gasteiger charge is -2.41. The van der Waals surface area contributed by atoms with Crippen molar-refractivity contribution in [3.8, 4) is 0 Å². The molecule has 4 rings (SSSR count). The fourth-order valence-corrected chi connectivity index (χ4v) is 4.92. The van der Waals surface area contributed by atoms with Gasteiger partial charge >= 0.3 is 0 Å². The van der Waals surface area contributed by atoms with Crippen LogP contribution in [-0.4, -0.2) is 34.8 Å². The molecule has 1 aliphatic heterocycles. The summed E-state index contributed by atoms with van der Waals surface area (Å²) >= 11 is 7.51. The Morgan fingerprint density at radius 1 is 1.26 bits per heavy atom. The first-order valence-corrected chi connectivity index (χ1v) is 10.7. The summed E-state index contributed by atoms with van der Waals surface area (Å²) in [6.07, 6.45) is 1.53. The van der Waals surface area contributed by atoms with Crippen LogP contribution in [0.2, 0.25) is 4.34 Å². The van der Waals surface area contributed by atoms with Gasteiger partial charge in [-0.1, -0.05) is 11.6 Å². The molecule has 5 nitrogen and oxygen atoms in total. The van der Waals surface area contributed by atoms with Crippen molar-refractivity contribution in [2.24, 2.45) is 0 Å². The molecule has 1 aliphatic rings. The summed E-state index contributed by atoms with van der Waals surface area (Å²) in [6.45, 7) is 0.595. The number of aromatic nitrogens is 2. The van der Waals surface area contributed by atoms with Gasteiger partial charge in [0, 0.05) is 49.7 Å². The molecule has 0 spiro atoms. The summed E-state index contributed by atoms with van der Waals surface area (Å²) < 4.78 is 40.2. The Labute approximate surface area is 184 Å². The second-order valence-corrected chi connectivity index (χ2v) is 8.95. The first-order valence-electron chi connectivity index (χ1n) is 9.46. The van der Waals surface area contributed by atoms with Gasteiger partial charge in [0.05, 0.1) is 15.8 Å². The van der Waals surface area contributed by atoms with Gasteiger partial charge in [0.15, 0.2) is 11.6 Å². The zero-order valence-electron chi connectivity index (χ0n) is 16.1. The van der Waals surface area contributed by atoms with Gasteiger partial charge in [-0.25, -0.2) is 13.2 Å². The molecule has 0 atom stereocenters. The SMILES string of the molecule is O=C(Cc1cc(F)c(=O)n(CC(F)F)c1)c1cc(C2CN(c3ccncc3)C2)c(Cl)s1. The molecule has 0 radical (unpaired) electrons. The molecule has 0 N–H and O–H groups in total. The minimum absolute atomic E-state index is 0.154. The van der Waals surface area contributed by atoms with Gasteiger partial charge in [-0.2, -0.15) is 0 Å². The molecule has 0 saturated carbocycles. The maximum absolute atomic E-state index is 13.8. The predicted octanol–water partition coefficient (Wildman–Crippen LogP) is 4.39. The molecular formula is C21H17ClF3N3O2S. The van der Waals surface area contributed by atoms with E-state index in [0.29, 0.717) is 13.8 Å². The van der Waals surface area contributed by atoms with E-state index < -0.39 is 24.3 Å².